The van der Waals surface area contributed by atoms with Crippen molar-refractivity contribution >= 4 is 12.4 Å². The highest BCUT2D eigenvalue weighted by Crippen LogP contribution is 2.22. The molecular formula is C16H23ClN4O. The van der Waals surface area contributed by atoms with E-state index >= 15 is 0 Å². The van der Waals surface area contributed by atoms with Gasteiger partial charge in [0, 0.05) is 26.1 Å². The van der Waals surface area contributed by atoms with Crippen molar-refractivity contribution in [3.05, 3.63) is 47.6 Å². The van der Waals surface area contributed by atoms with Crippen LogP contribution in [0.25, 0.3) is 0 Å². The van der Waals surface area contributed by atoms with Crippen molar-refractivity contribution in [2.75, 3.05) is 26.7 Å². The highest BCUT2D eigenvalue weighted by molar-refractivity contribution is 5.85. The largest absolute Gasteiger partial charge is 0.339 e. The lowest BCUT2D eigenvalue weighted by molar-refractivity contribution is 0.190. The maximum atomic E-state index is 5.44. The van der Waals surface area contributed by atoms with E-state index in [-0.39, 0.29) is 18.4 Å². The molecule has 1 aliphatic heterocycles. The van der Waals surface area contributed by atoms with Gasteiger partial charge >= 0.3 is 0 Å². The molecule has 1 saturated heterocycles. The minimum absolute atomic E-state index is 0. The second kappa shape index (κ2) is 7.72. The summed E-state index contributed by atoms with van der Waals surface area (Å²) in [6, 6.07) is 10.7. The van der Waals surface area contributed by atoms with Crippen LogP contribution in [0.4, 0.5) is 0 Å². The third-order valence-corrected chi connectivity index (χ3v) is 4.14. The zero-order valence-corrected chi connectivity index (χ0v) is 13.8. The molecule has 1 aromatic heterocycles. The highest BCUT2D eigenvalue weighted by Gasteiger charge is 2.25. The average Bonchev–Trinajstić information content (AvgIpc) is 2.97. The van der Waals surface area contributed by atoms with E-state index in [0.29, 0.717) is 5.92 Å². The quantitative estimate of drug-likeness (QED) is 0.937. The molecule has 2 heterocycles. The Balaban J connectivity index is 0.00000176. The van der Waals surface area contributed by atoms with Crippen molar-refractivity contribution in [2.24, 2.45) is 0 Å². The summed E-state index contributed by atoms with van der Waals surface area (Å²) in [7, 11) is 2.11. The molecule has 2 unspecified atom stereocenters. The summed E-state index contributed by atoms with van der Waals surface area (Å²) in [4.78, 5) is 6.86. The molecule has 0 saturated carbocycles. The average molecular weight is 323 g/mol. The van der Waals surface area contributed by atoms with Gasteiger partial charge < -0.3 is 9.84 Å². The van der Waals surface area contributed by atoms with Crippen LogP contribution in [-0.4, -0.2) is 41.7 Å². The predicted octanol–water partition coefficient (Wildman–Crippen LogP) is 2.41. The Hall–Kier alpha value is -1.43. The second-order valence-corrected chi connectivity index (χ2v) is 5.76. The van der Waals surface area contributed by atoms with Crippen molar-refractivity contribution in [1.82, 2.24) is 20.4 Å². The standard InChI is InChI=1S/C16H22N4O.ClH/c1-12(13-6-4-3-5-7-13)10-15-18-16(19-21-15)14-11-17-8-9-20(14)2;/h3-7,12,14,17H,8-11H2,1-2H3;1H. The summed E-state index contributed by atoms with van der Waals surface area (Å²) in [6.45, 7) is 5.09. The minimum atomic E-state index is 0. The van der Waals surface area contributed by atoms with Gasteiger partial charge in [-0.2, -0.15) is 4.98 Å². The van der Waals surface area contributed by atoms with E-state index in [2.05, 4.69) is 58.6 Å². The first kappa shape index (κ1) is 16.9. The van der Waals surface area contributed by atoms with Crippen LogP contribution in [0.2, 0.25) is 0 Å². The van der Waals surface area contributed by atoms with Crippen molar-refractivity contribution in [2.45, 2.75) is 25.3 Å². The van der Waals surface area contributed by atoms with Gasteiger partial charge in [-0.1, -0.05) is 42.4 Å². The summed E-state index contributed by atoms with van der Waals surface area (Å²) >= 11 is 0. The van der Waals surface area contributed by atoms with Crippen molar-refractivity contribution in [1.29, 1.82) is 0 Å². The number of benzene rings is 1. The molecule has 1 N–H and O–H groups in total. The lowest BCUT2D eigenvalue weighted by Crippen LogP contribution is -2.44. The molecule has 0 aliphatic carbocycles. The molecule has 22 heavy (non-hydrogen) atoms. The number of hydrogen-bond acceptors (Lipinski definition) is 5. The van der Waals surface area contributed by atoms with Gasteiger partial charge in [-0.3, -0.25) is 4.90 Å². The van der Waals surface area contributed by atoms with E-state index in [1.165, 1.54) is 5.56 Å². The molecule has 0 bridgehead atoms. The molecule has 0 amide bonds. The summed E-state index contributed by atoms with van der Waals surface area (Å²) in [5.41, 5.74) is 1.30. The van der Waals surface area contributed by atoms with E-state index in [1.807, 2.05) is 6.07 Å². The molecule has 3 rings (SSSR count). The van der Waals surface area contributed by atoms with Gasteiger partial charge in [0.25, 0.3) is 0 Å². The van der Waals surface area contributed by atoms with Gasteiger partial charge in [-0.15, -0.1) is 12.4 Å². The van der Waals surface area contributed by atoms with Gasteiger partial charge in [0.1, 0.15) is 0 Å². The van der Waals surface area contributed by atoms with E-state index in [0.717, 1.165) is 37.8 Å². The van der Waals surface area contributed by atoms with Crippen LogP contribution in [0.5, 0.6) is 0 Å². The lowest BCUT2D eigenvalue weighted by atomic mass is 9.98. The molecule has 120 valence electrons. The normalized spacial score (nSPS) is 20.4. The first-order valence-corrected chi connectivity index (χ1v) is 7.52. The minimum Gasteiger partial charge on any atom is -0.339 e. The molecule has 6 heteroatoms. The highest BCUT2D eigenvalue weighted by atomic mass is 35.5. The van der Waals surface area contributed by atoms with Crippen LogP contribution in [0.15, 0.2) is 34.9 Å². The van der Waals surface area contributed by atoms with Crippen molar-refractivity contribution in [3.63, 3.8) is 0 Å². The van der Waals surface area contributed by atoms with Gasteiger partial charge in [0.2, 0.25) is 5.89 Å². The Bertz CT molecular complexity index is 575. The SMILES string of the molecule is CC(Cc1nc(C2CNCCN2C)no1)c1ccccc1.Cl. The van der Waals surface area contributed by atoms with Crippen LogP contribution in [0.1, 0.15) is 36.2 Å². The number of likely N-dealkylation sites (N-methyl/N-ethyl adjacent to an activating group) is 1. The lowest BCUT2D eigenvalue weighted by Gasteiger charge is -2.30. The molecule has 0 radical (unpaired) electrons. The van der Waals surface area contributed by atoms with Gasteiger partial charge in [0.05, 0.1) is 6.04 Å². The fourth-order valence-electron chi connectivity index (χ4n) is 2.74. The van der Waals surface area contributed by atoms with E-state index < -0.39 is 0 Å². The first-order valence-electron chi connectivity index (χ1n) is 7.52. The fraction of sp³-hybridized carbons (Fsp3) is 0.500. The maximum Gasteiger partial charge on any atom is 0.227 e. The van der Waals surface area contributed by atoms with Crippen molar-refractivity contribution < 1.29 is 4.52 Å². The van der Waals surface area contributed by atoms with Crippen LogP contribution in [0, 0.1) is 0 Å². The van der Waals surface area contributed by atoms with Crippen LogP contribution in [0.3, 0.4) is 0 Å². The Kier molecular flexibility index (Phi) is 5.94. The smallest absolute Gasteiger partial charge is 0.227 e. The number of nitrogens with one attached hydrogen (secondary N) is 1. The Morgan fingerprint density at radius 2 is 2.14 bits per heavy atom. The molecule has 1 fully saturated rings. The fourth-order valence-corrected chi connectivity index (χ4v) is 2.74. The zero-order chi connectivity index (χ0) is 14.7. The zero-order valence-electron chi connectivity index (χ0n) is 13.0. The summed E-state index contributed by atoms with van der Waals surface area (Å²) in [6.07, 6.45) is 0.779. The topological polar surface area (TPSA) is 54.2 Å². The number of piperazine rings is 1. The van der Waals surface area contributed by atoms with Crippen molar-refractivity contribution in [3.8, 4) is 0 Å². The Morgan fingerprint density at radius 1 is 1.36 bits per heavy atom. The first-order chi connectivity index (χ1) is 10.2. The monoisotopic (exact) mass is 322 g/mol. The Morgan fingerprint density at radius 3 is 2.86 bits per heavy atom. The number of aromatic nitrogens is 2. The summed E-state index contributed by atoms with van der Waals surface area (Å²) in [5, 5.41) is 7.55. The number of nitrogens with zero attached hydrogens (tertiary/aromatic N) is 3. The molecule has 2 aromatic rings. The van der Waals surface area contributed by atoms with Crippen LogP contribution in [-0.2, 0) is 6.42 Å². The van der Waals surface area contributed by atoms with Gasteiger partial charge in [0.15, 0.2) is 5.82 Å². The molecule has 1 aromatic carbocycles. The predicted molar refractivity (Wildman–Crippen MR) is 88.3 cm³/mol. The van der Waals surface area contributed by atoms with Crippen LogP contribution < -0.4 is 5.32 Å². The number of halogens is 1. The van der Waals surface area contributed by atoms with E-state index in [4.69, 9.17) is 4.52 Å². The van der Waals surface area contributed by atoms with E-state index in [1.54, 1.807) is 0 Å². The second-order valence-electron chi connectivity index (χ2n) is 5.76. The summed E-state index contributed by atoms with van der Waals surface area (Å²) < 4.78 is 5.44. The third kappa shape index (κ3) is 3.85. The molecule has 2 atom stereocenters. The van der Waals surface area contributed by atoms with Gasteiger partial charge in [-0.25, -0.2) is 0 Å². The third-order valence-electron chi connectivity index (χ3n) is 4.14. The molecular weight excluding hydrogens is 300 g/mol. The molecule has 0 spiro atoms. The number of hydrogen-bond donors (Lipinski definition) is 1. The molecule has 1 aliphatic rings. The Labute approximate surface area is 137 Å². The number of rotatable bonds is 4. The van der Waals surface area contributed by atoms with Gasteiger partial charge in [-0.05, 0) is 18.5 Å². The van der Waals surface area contributed by atoms with Crippen LogP contribution >= 0.6 is 12.4 Å². The maximum absolute atomic E-state index is 5.44. The molecule has 5 nitrogen and oxygen atoms in total. The summed E-state index contributed by atoms with van der Waals surface area (Å²) in [5.74, 6) is 1.89. The van der Waals surface area contributed by atoms with E-state index in [9.17, 15) is 0 Å².